The van der Waals surface area contributed by atoms with Crippen LogP contribution in [0, 0.1) is 20.2 Å². The number of nitro benzene ring substituents is 2. The first-order valence-electron chi connectivity index (χ1n) is 13.5. The standard InChI is InChI=1S/C28H18N8O13S2.2Na/c37-23-13-24(38)21(12-20(23)31-29-15-1-5-17(6-2-15)35(40)41)32-33-22-11-19(50(44,45)46)9-14-10-25(51(47,48)49)27(28(39)26(14)22)34-30-16-3-7-18(8-4-16)36(42)43;;/h1-13,29-30,38H,(H,44,45,46)(H,47,48,49);;/q;2*+1/p-2/b31-20+,33-32?,34-27-;;. The average molecular weight is 783 g/mol. The largest absolute Gasteiger partial charge is 1.00 e. The summed E-state index contributed by atoms with van der Waals surface area (Å²) in [5, 5.41) is 49.4. The SMILES string of the molecule is O=C1C=C([O-])C(N=Nc2cc(S(=O)(=O)[O-])cc3c2C(=O)/C(=N\Nc2ccc([N+](=O)[O-])cc2)C(S(=O)(=O)O)=C3)=C/C1=N\Nc1ccc([N+](=O)[O-])cc1.[Na+].[Na+]. The van der Waals surface area contributed by atoms with Crippen LogP contribution < -0.4 is 75.1 Å². The summed E-state index contributed by atoms with van der Waals surface area (Å²) >= 11 is 0. The second kappa shape index (κ2) is 16.9. The molecule has 0 heterocycles. The van der Waals surface area contributed by atoms with E-state index < -0.39 is 91.1 Å². The van der Waals surface area contributed by atoms with Gasteiger partial charge in [-0.05, 0) is 60.2 Å². The predicted molar refractivity (Wildman–Crippen MR) is 172 cm³/mol. The smallest absolute Gasteiger partial charge is 0.871 e. The molecule has 0 aromatic heterocycles. The molecule has 0 saturated heterocycles. The molecule has 5 rings (SSSR count). The fourth-order valence-corrected chi connectivity index (χ4v) is 5.51. The van der Waals surface area contributed by atoms with Gasteiger partial charge in [0.1, 0.15) is 20.7 Å². The van der Waals surface area contributed by atoms with Gasteiger partial charge in [0.25, 0.3) is 21.5 Å². The maximum Gasteiger partial charge on any atom is 1.00 e. The number of non-ortho nitro benzene ring substituents is 2. The summed E-state index contributed by atoms with van der Waals surface area (Å²) in [6.45, 7) is 0. The van der Waals surface area contributed by atoms with E-state index >= 15 is 0 Å². The summed E-state index contributed by atoms with van der Waals surface area (Å²) < 4.78 is 70.3. The Hall–Kier alpha value is -4.82. The zero-order chi connectivity index (χ0) is 37.2. The van der Waals surface area contributed by atoms with Crippen LogP contribution in [0.15, 0.2) is 115 Å². The van der Waals surface area contributed by atoms with Gasteiger partial charge in [-0.1, -0.05) is 5.76 Å². The van der Waals surface area contributed by atoms with Gasteiger partial charge >= 0.3 is 59.1 Å². The summed E-state index contributed by atoms with van der Waals surface area (Å²) in [6.07, 6.45) is 2.08. The van der Waals surface area contributed by atoms with Crippen molar-refractivity contribution in [3.63, 3.8) is 0 Å². The van der Waals surface area contributed by atoms with E-state index in [2.05, 4.69) is 31.3 Å². The number of fused-ring (bicyclic) bond motifs is 1. The number of allylic oxidation sites excluding steroid dienone is 3. The van der Waals surface area contributed by atoms with Crippen LogP contribution in [0.4, 0.5) is 28.4 Å². The molecule has 0 unspecified atom stereocenters. The number of nitro groups is 2. The van der Waals surface area contributed by atoms with E-state index in [1.54, 1.807) is 0 Å². The predicted octanol–water partition coefficient (Wildman–Crippen LogP) is -3.43. The molecule has 0 amide bonds. The molecule has 3 aromatic rings. The van der Waals surface area contributed by atoms with Crippen LogP contribution in [-0.2, 0) is 25.0 Å². The summed E-state index contributed by atoms with van der Waals surface area (Å²) in [6, 6.07) is 10.6. The third-order valence-electron chi connectivity index (χ3n) is 6.71. The minimum atomic E-state index is -5.30. The first kappa shape index (κ1) is 42.6. The van der Waals surface area contributed by atoms with Crippen molar-refractivity contribution in [3.8, 4) is 0 Å². The van der Waals surface area contributed by atoms with Gasteiger partial charge in [-0.3, -0.25) is 45.2 Å². The van der Waals surface area contributed by atoms with Crippen molar-refractivity contribution in [2.75, 3.05) is 10.9 Å². The van der Waals surface area contributed by atoms with Crippen molar-refractivity contribution >= 4 is 77.7 Å². The number of Topliss-reactive ketones (excluding diaryl/α,β-unsaturated/α-hetero) is 1. The second-order valence-electron chi connectivity index (χ2n) is 10.1. The molecular weight excluding hydrogens is 766 g/mol. The Balaban J connectivity index is 0.00000378. The van der Waals surface area contributed by atoms with Crippen LogP contribution in [0.3, 0.4) is 0 Å². The average Bonchev–Trinajstić information content (AvgIpc) is 3.06. The Morgan fingerprint density at radius 2 is 1.26 bits per heavy atom. The molecule has 0 radical (unpaired) electrons. The van der Waals surface area contributed by atoms with E-state index in [1.807, 2.05) is 0 Å². The minimum Gasteiger partial charge on any atom is -0.871 e. The number of azo groups is 1. The van der Waals surface area contributed by atoms with E-state index in [9.17, 15) is 60.9 Å². The monoisotopic (exact) mass is 782 g/mol. The molecule has 25 heteroatoms. The van der Waals surface area contributed by atoms with Gasteiger partial charge in [0.2, 0.25) is 11.6 Å². The fraction of sp³-hybridized carbons (Fsp3) is 0. The maximum atomic E-state index is 13.7. The molecule has 2 aliphatic carbocycles. The van der Waals surface area contributed by atoms with Gasteiger partial charge in [0, 0.05) is 24.3 Å². The van der Waals surface area contributed by atoms with Crippen molar-refractivity contribution in [2.45, 2.75) is 4.90 Å². The van der Waals surface area contributed by atoms with Gasteiger partial charge in [-0.2, -0.15) is 23.7 Å². The van der Waals surface area contributed by atoms with Crippen molar-refractivity contribution in [1.82, 2.24) is 0 Å². The fourth-order valence-electron chi connectivity index (χ4n) is 4.32. The summed E-state index contributed by atoms with van der Waals surface area (Å²) in [7, 11) is -10.6. The zero-order valence-corrected chi connectivity index (χ0v) is 32.5. The molecule has 2 aliphatic rings. The van der Waals surface area contributed by atoms with Crippen LogP contribution in [0.1, 0.15) is 15.9 Å². The Labute approximate surface area is 341 Å². The van der Waals surface area contributed by atoms with Gasteiger partial charge < -0.3 is 9.66 Å². The molecule has 0 saturated carbocycles. The number of hydrogen-bond donors (Lipinski definition) is 3. The molecule has 21 nitrogen and oxygen atoms in total. The summed E-state index contributed by atoms with van der Waals surface area (Å²) in [5.41, 5.74) is 0.768. The molecule has 3 aromatic carbocycles. The number of anilines is 2. The van der Waals surface area contributed by atoms with Crippen LogP contribution in [0.25, 0.3) is 6.08 Å². The van der Waals surface area contributed by atoms with Gasteiger partial charge in [0.05, 0.1) is 43.1 Å². The van der Waals surface area contributed by atoms with Crippen molar-refractivity contribution in [2.24, 2.45) is 20.4 Å². The number of nitrogens with zero attached hydrogens (tertiary/aromatic N) is 6. The van der Waals surface area contributed by atoms with E-state index in [0.29, 0.717) is 24.3 Å². The van der Waals surface area contributed by atoms with Crippen LogP contribution in [-0.4, -0.2) is 58.8 Å². The minimum absolute atomic E-state index is 0. The molecule has 0 fully saturated rings. The van der Waals surface area contributed by atoms with Crippen LogP contribution in [0.5, 0.6) is 0 Å². The van der Waals surface area contributed by atoms with Gasteiger partial charge in [0.15, 0.2) is 5.71 Å². The quantitative estimate of drug-likeness (QED) is 0.0450. The molecule has 3 N–H and O–H groups in total. The Morgan fingerprint density at radius 1 is 0.736 bits per heavy atom. The van der Waals surface area contributed by atoms with Crippen molar-refractivity contribution in [1.29, 1.82) is 0 Å². The number of rotatable bonds is 10. The number of carbonyl (C=O) groups excluding carboxylic acids is 2. The van der Waals surface area contributed by atoms with Gasteiger partial charge in [-0.15, -0.1) is 5.11 Å². The maximum absolute atomic E-state index is 13.7. The molecule has 260 valence electrons. The normalized spacial score (nSPS) is 15.8. The van der Waals surface area contributed by atoms with Crippen molar-refractivity contribution < 1.29 is 110 Å². The Kier molecular flexibility index (Phi) is 13.6. The van der Waals surface area contributed by atoms with Crippen molar-refractivity contribution in [3.05, 3.63) is 121 Å². The third kappa shape index (κ3) is 9.99. The molecule has 0 spiro atoms. The number of hydrogen-bond acceptors (Lipinski definition) is 18. The molecule has 0 atom stereocenters. The van der Waals surface area contributed by atoms with Gasteiger partial charge in [-0.25, -0.2) is 8.42 Å². The summed E-state index contributed by atoms with van der Waals surface area (Å²) in [5.74, 6) is -3.18. The molecular formula is C28H16N8Na2O13S2. The van der Waals surface area contributed by atoms with E-state index in [4.69, 9.17) is 0 Å². The zero-order valence-electron chi connectivity index (χ0n) is 26.9. The van der Waals surface area contributed by atoms with Crippen LogP contribution >= 0.6 is 0 Å². The topological polar surface area (TPSA) is 329 Å². The Morgan fingerprint density at radius 3 is 1.75 bits per heavy atom. The number of carbonyl (C=O) groups is 2. The number of nitrogens with one attached hydrogen (secondary N) is 2. The molecule has 53 heavy (non-hydrogen) atoms. The second-order valence-corrected chi connectivity index (χ2v) is 12.8. The third-order valence-corrected chi connectivity index (χ3v) is 8.39. The number of hydrazone groups is 2. The first-order chi connectivity index (χ1) is 23.9. The van der Waals surface area contributed by atoms with Crippen LogP contribution in [0.2, 0.25) is 0 Å². The summed E-state index contributed by atoms with van der Waals surface area (Å²) in [4.78, 5) is 44.4. The molecule has 0 aliphatic heterocycles. The number of benzene rings is 3. The first-order valence-corrected chi connectivity index (χ1v) is 16.4. The number of ketones is 2. The molecule has 0 bridgehead atoms. The Bertz CT molecular complexity index is 2460. The van der Waals surface area contributed by atoms with E-state index in [0.717, 1.165) is 30.3 Å². The van der Waals surface area contributed by atoms with E-state index in [1.165, 1.54) is 24.3 Å². The van der Waals surface area contributed by atoms with E-state index in [-0.39, 0.29) is 81.9 Å².